The third kappa shape index (κ3) is 5.39. The van der Waals surface area contributed by atoms with Gasteiger partial charge in [0.15, 0.2) is 5.96 Å². The summed E-state index contributed by atoms with van der Waals surface area (Å²) in [6, 6.07) is 6.09. The van der Waals surface area contributed by atoms with Crippen molar-refractivity contribution in [1.29, 1.82) is 0 Å². The average Bonchev–Trinajstić information content (AvgIpc) is 3.35. The first-order valence-electron chi connectivity index (χ1n) is 9.14. The van der Waals surface area contributed by atoms with Gasteiger partial charge < -0.3 is 15.1 Å². The second-order valence-corrected chi connectivity index (χ2v) is 7.52. The van der Waals surface area contributed by atoms with Gasteiger partial charge in [0.05, 0.1) is 17.9 Å². The predicted octanol–water partition coefficient (Wildman–Crippen LogP) is 3.97. The molecule has 28 heavy (non-hydrogen) atoms. The van der Waals surface area contributed by atoms with Crippen molar-refractivity contribution in [3.8, 4) is 11.5 Å². The first kappa shape index (κ1) is 20.0. The van der Waals surface area contributed by atoms with E-state index in [1.807, 2.05) is 0 Å². The molecule has 1 aromatic carbocycles. The second-order valence-electron chi connectivity index (χ2n) is 6.57. The summed E-state index contributed by atoms with van der Waals surface area (Å²) in [4.78, 5) is 13.3. The molecule has 3 aromatic rings. The molecule has 0 saturated heterocycles. The van der Waals surface area contributed by atoms with Crippen molar-refractivity contribution in [2.75, 3.05) is 13.6 Å². The van der Waals surface area contributed by atoms with Gasteiger partial charge in [-0.2, -0.15) is 0 Å². The Kier molecular flexibility index (Phi) is 6.76. The molecule has 6 nitrogen and oxygen atoms in total. The number of thiazole rings is 1. The highest BCUT2D eigenvalue weighted by Crippen LogP contribution is 2.19. The zero-order chi connectivity index (χ0) is 19.9. The second kappa shape index (κ2) is 9.45. The van der Waals surface area contributed by atoms with Gasteiger partial charge in [0, 0.05) is 31.0 Å². The Hall–Kier alpha value is -2.74. The van der Waals surface area contributed by atoms with E-state index in [1.54, 1.807) is 36.8 Å². The Morgan fingerprint density at radius 3 is 2.68 bits per heavy atom. The molecule has 0 fully saturated rings. The van der Waals surface area contributed by atoms with E-state index in [4.69, 9.17) is 4.42 Å². The largest absolute Gasteiger partial charge is 0.444 e. The zero-order valence-corrected chi connectivity index (χ0v) is 17.0. The molecule has 0 unspecified atom stereocenters. The summed E-state index contributed by atoms with van der Waals surface area (Å²) < 4.78 is 18.5. The smallest absolute Gasteiger partial charge is 0.226 e. The van der Waals surface area contributed by atoms with E-state index < -0.39 is 0 Å². The van der Waals surface area contributed by atoms with Crippen LogP contribution in [-0.4, -0.2) is 29.5 Å². The van der Waals surface area contributed by atoms with E-state index in [0.29, 0.717) is 37.3 Å². The van der Waals surface area contributed by atoms with Crippen LogP contribution in [0.4, 0.5) is 4.39 Å². The molecule has 3 rings (SSSR count). The first-order valence-corrected chi connectivity index (χ1v) is 10.0. The summed E-state index contributed by atoms with van der Waals surface area (Å²) in [6.45, 7) is 5.57. The van der Waals surface area contributed by atoms with Gasteiger partial charge in [-0.3, -0.25) is 4.99 Å². The molecule has 0 amide bonds. The van der Waals surface area contributed by atoms with Gasteiger partial charge in [0.2, 0.25) is 5.89 Å². The van der Waals surface area contributed by atoms with Crippen molar-refractivity contribution in [3.63, 3.8) is 0 Å². The summed E-state index contributed by atoms with van der Waals surface area (Å²) in [7, 11) is 1.74. The van der Waals surface area contributed by atoms with Crippen LogP contribution in [-0.2, 0) is 13.0 Å². The fraction of sp³-hybridized carbons (Fsp3) is 0.350. The molecule has 0 spiro atoms. The topological polar surface area (TPSA) is 75.3 Å². The van der Waals surface area contributed by atoms with Crippen LogP contribution in [0.3, 0.4) is 0 Å². The van der Waals surface area contributed by atoms with Gasteiger partial charge in [0.1, 0.15) is 17.1 Å². The van der Waals surface area contributed by atoms with Gasteiger partial charge >= 0.3 is 0 Å². The van der Waals surface area contributed by atoms with Gasteiger partial charge in [-0.05, 0) is 30.2 Å². The molecule has 2 aromatic heterocycles. The monoisotopic (exact) mass is 401 g/mol. The fourth-order valence-electron chi connectivity index (χ4n) is 2.51. The van der Waals surface area contributed by atoms with Crippen LogP contribution in [0.5, 0.6) is 0 Å². The molecule has 2 heterocycles. The number of guanidine groups is 1. The van der Waals surface area contributed by atoms with E-state index in [-0.39, 0.29) is 5.82 Å². The van der Waals surface area contributed by atoms with Gasteiger partial charge in [-0.25, -0.2) is 14.4 Å². The standard InChI is InChI=1S/C20H24FN5OS/c1-13(2)17-12-28-18(26-17)10-24-20(22-3)23-9-8-16-11-27-19(25-16)14-4-6-15(21)7-5-14/h4-7,11-13H,8-10H2,1-3H3,(H2,22,23,24). The van der Waals surface area contributed by atoms with Crippen molar-refractivity contribution >= 4 is 17.3 Å². The van der Waals surface area contributed by atoms with Crippen molar-refractivity contribution in [3.05, 3.63) is 58.1 Å². The van der Waals surface area contributed by atoms with Crippen LogP contribution in [0.15, 0.2) is 45.3 Å². The SMILES string of the molecule is CN=C(NCCc1coc(-c2ccc(F)cc2)n1)NCc1nc(C(C)C)cs1. The molecule has 0 bridgehead atoms. The summed E-state index contributed by atoms with van der Waals surface area (Å²) in [5.41, 5.74) is 2.69. The van der Waals surface area contributed by atoms with Crippen molar-refractivity contribution < 1.29 is 8.81 Å². The van der Waals surface area contributed by atoms with Crippen LogP contribution >= 0.6 is 11.3 Å². The van der Waals surface area contributed by atoms with E-state index in [9.17, 15) is 4.39 Å². The third-order valence-corrected chi connectivity index (χ3v) is 4.98. The van der Waals surface area contributed by atoms with E-state index in [0.717, 1.165) is 22.0 Å². The Bertz CT molecular complexity index is 917. The average molecular weight is 402 g/mol. The van der Waals surface area contributed by atoms with Gasteiger partial charge in [0.25, 0.3) is 0 Å². The van der Waals surface area contributed by atoms with Crippen LogP contribution < -0.4 is 10.6 Å². The number of rotatable bonds is 7. The molecule has 0 aliphatic carbocycles. The first-order chi connectivity index (χ1) is 13.5. The molecule has 0 radical (unpaired) electrons. The summed E-state index contributed by atoms with van der Waals surface area (Å²) in [6.07, 6.45) is 2.31. The molecular weight excluding hydrogens is 377 g/mol. The Morgan fingerprint density at radius 1 is 1.21 bits per heavy atom. The Morgan fingerprint density at radius 2 is 2.00 bits per heavy atom. The highest BCUT2D eigenvalue weighted by Gasteiger charge is 2.08. The summed E-state index contributed by atoms with van der Waals surface area (Å²) >= 11 is 1.65. The number of nitrogens with one attached hydrogen (secondary N) is 2. The third-order valence-electron chi connectivity index (χ3n) is 4.11. The van der Waals surface area contributed by atoms with Crippen LogP contribution in [0, 0.1) is 5.82 Å². The van der Waals surface area contributed by atoms with Crippen molar-refractivity contribution in [2.24, 2.45) is 4.99 Å². The van der Waals surface area contributed by atoms with Gasteiger partial charge in [-0.15, -0.1) is 11.3 Å². The van der Waals surface area contributed by atoms with Crippen molar-refractivity contribution in [2.45, 2.75) is 32.7 Å². The number of hydrogen-bond acceptors (Lipinski definition) is 5. The number of aromatic nitrogens is 2. The minimum absolute atomic E-state index is 0.281. The Labute approximate surface area is 167 Å². The van der Waals surface area contributed by atoms with Crippen molar-refractivity contribution in [1.82, 2.24) is 20.6 Å². The number of benzene rings is 1. The molecular formula is C20H24FN5OS. The minimum atomic E-state index is -0.281. The normalized spacial score (nSPS) is 11.8. The van der Waals surface area contributed by atoms with Crippen LogP contribution in [0.1, 0.15) is 36.2 Å². The van der Waals surface area contributed by atoms with E-state index >= 15 is 0 Å². The molecule has 8 heteroatoms. The lowest BCUT2D eigenvalue weighted by molar-refractivity contribution is 0.571. The van der Waals surface area contributed by atoms with E-state index in [1.165, 1.54) is 12.1 Å². The maximum absolute atomic E-state index is 13.0. The van der Waals surface area contributed by atoms with Gasteiger partial charge in [-0.1, -0.05) is 13.8 Å². The maximum Gasteiger partial charge on any atom is 0.226 e. The van der Waals surface area contributed by atoms with Crippen LogP contribution in [0.2, 0.25) is 0 Å². The fourth-order valence-corrected chi connectivity index (χ4v) is 3.40. The lowest BCUT2D eigenvalue weighted by Crippen LogP contribution is -2.37. The predicted molar refractivity (Wildman–Crippen MR) is 110 cm³/mol. The molecule has 0 aliphatic rings. The highest BCUT2D eigenvalue weighted by molar-refractivity contribution is 7.09. The molecule has 2 N–H and O–H groups in total. The number of oxazole rings is 1. The molecule has 148 valence electrons. The number of nitrogens with zero attached hydrogens (tertiary/aromatic N) is 3. The lowest BCUT2D eigenvalue weighted by atomic mass is 10.2. The molecule has 0 atom stereocenters. The number of halogens is 1. The highest BCUT2D eigenvalue weighted by atomic mass is 32.1. The summed E-state index contributed by atoms with van der Waals surface area (Å²) in [5, 5.41) is 9.66. The Balaban J connectivity index is 1.46. The van der Waals surface area contributed by atoms with E-state index in [2.05, 4.69) is 44.8 Å². The molecule has 0 saturated carbocycles. The maximum atomic E-state index is 13.0. The lowest BCUT2D eigenvalue weighted by Gasteiger charge is -2.10. The summed E-state index contributed by atoms with van der Waals surface area (Å²) in [5.74, 6) is 1.35. The minimum Gasteiger partial charge on any atom is -0.444 e. The zero-order valence-electron chi connectivity index (χ0n) is 16.2. The van der Waals surface area contributed by atoms with Crippen LogP contribution in [0.25, 0.3) is 11.5 Å². The molecule has 0 aliphatic heterocycles. The number of aliphatic imine (C=N–C) groups is 1. The number of hydrogen-bond donors (Lipinski definition) is 2. The quantitative estimate of drug-likeness (QED) is 0.463.